The molecule has 0 radical (unpaired) electrons. The van der Waals surface area contributed by atoms with Gasteiger partial charge in [-0.1, -0.05) is 13.8 Å². The van der Waals surface area contributed by atoms with Crippen molar-refractivity contribution in [2.45, 2.75) is 26.7 Å². The fraction of sp³-hybridized carbons (Fsp3) is 0.500. The SMILES string of the molecule is CC(C)C1(CNC(=O)c2cc(F)cc([N+](=O)[O-])c2N)CC1. The first-order chi connectivity index (χ1) is 9.77. The number of benzene rings is 1. The van der Waals surface area contributed by atoms with Crippen molar-refractivity contribution in [1.29, 1.82) is 0 Å². The monoisotopic (exact) mass is 295 g/mol. The van der Waals surface area contributed by atoms with Gasteiger partial charge in [-0.25, -0.2) is 4.39 Å². The normalized spacial score (nSPS) is 15.8. The van der Waals surface area contributed by atoms with Gasteiger partial charge >= 0.3 is 0 Å². The number of halogens is 1. The van der Waals surface area contributed by atoms with Crippen LogP contribution in [0, 0.1) is 27.3 Å². The summed E-state index contributed by atoms with van der Waals surface area (Å²) >= 11 is 0. The molecule has 0 bridgehead atoms. The molecule has 0 heterocycles. The van der Waals surface area contributed by atoms with Crippen molar-refractivity contribution in [3.63, 3.8) is 0 Å². The Labute approximate surface area is 121 Å². The predicted octanol–water partition coefficient (Wildman–Crippen LogP) is 2.48. The molecule has 21 heavy (non-hydrogen) atoms. The van der Waals surface area contributed by atoms with Crippen LogP contribution in [0.2, 0.25) is 0 Å². The second-order valence-electron chi connectivity index (χ2n) is 5.84. The summed E-state index contributed by atoms with van der Waals surface area (Å²) in [7, 11) is 0. The summed E-state index contributed by atoms with van der Waals surface area (Å²) in [5.41, 5.74) is 4.59. The van der Waals surface area contributed by atoms with Gasteiger partial charge in [0.05, 0.1) is 16.6 Å². The van der Waals surface area contributed by atoms with Crippen molar-refractivity contribution in [2.75, 3.05) is 12.3 Å². The van der Waals surface area contributed by atoms with Gasteiger partial charge < -0.3 is 11.1 Å². The third-order valence-corrected chi connectivity index (χ3v) is 4.28. The van der Waals surface area contributed by atoms with Crippen LogP contribution in [0.5, 0.6) is 0 Å². The zero-order valence-corrected chi connectivity index (χ0v) is 12.0. The van der Waals surface area contributed by atoms with Crippen LogP contribution >= 0.6 is 0 Å². The Morgan fingerprint density at radius 2 is 2.14 bits per heavy atom. The summed E-state index contributed by atoms with van der Waals surface area (Å²) in [6.45, 7) is 4.63. The van der Waals surface area contributed by atoms with E-state index >= 15 is 0 Å². The van der Waals surface area contributed by atoms with Gasteiger partial charge in [-0.05, 0) is 30.2 Å². The second kappa shape index (κ2) is 5.31. The van der Waals surface area contributed by atoms with Gasteiger partial charge in [-0.3, -0.25) is 14.9 Å². The molecule has 2 rings (SSSR count). The number of carbonyl (C=O) groups is 1. The molecule has 1 aliphatic rings. The molecule has 1 saturated carbocycles. The molecular weight excluding hydrogens is 277 g/mol. The number of anilines is 1. The maximum Gasteiger partial charge on any atom is 0.295 e. The average Bonchev–Trinajstić information content (AvgIpc) is 3.19. The number of nitro benzene ring substituents is 1. The van der Waals surface area contributed by atoms with E-state index in [0.29, 0.717) is 18.5 Å². The maximum absolute atomic E-state index is 13.4. The Balaban J connectivity index is 2.18. The zero-order chi connectivity index (χ0) is 15.8. The predicted molar refractivity (Wildman–Crippen MR) is 76.3 cm³/mol. The topological polar surface area (TPSA) is 98.3 Å². The molecule has 0 unspecified atom stereocenters. The maximum atomic E-state index is 13.4. The molecule has 1 amide bonds. The molecule has 6 nitrogen and oxygen atoms in total. The van der Waals surface area contributed by atoms with E-state index in [0.717, 1.165) is 18.9 Å². The standard InChI is InChI=1S/C14H18FN3O3/c1-8(2)14(3-4-14)7-17-13(19)10-5-9(15)6-11(12(10)16)18(20)21/h5-6,8H,3-4,7,16H2,1-2H3,(H,17,19). The Kier molecular flexibility index (Phi) is 3.85. The summed E-state index contributed by atoms with van der Waals surface area (Å²) in [5.74, 6) is -1.01. The number of rotatable bonds is 5. The number of nitrogens with zero attached hydrogens (tertiary/aromatic N) is 1. The molecule has 0 aliphatic heterocycles. The van der Waals surface area contributed by atoms with E-state index in [1.165, 1.54) is 0 Å². The fourth-order valence-electron chi connectivity index (χ4n) is 2.41. The highest BCUT2D eigenvalue weighted by molar-refractivity contribution is 6.01. The molecule has 1 aromatic rings. The Hall–Kier alpha value is -2.18. The third-order valence-electron chi connectivity index (χ3n) is 4.28. The second-order valence-corrected chi connectivity index (χ2v) is 5.84. The minimum absolute atomic E-state index is 0.0870. The summed E-state index contributed by atoms with van der Waals surface area (Å²) in [4.78, 5) is 22.1. The minimum atomic E-state index is -0.856. The third kappa shape index (κ3) is 2.96. The van der Waals surface area contributed by atoms with Crippen LogP contribution < -0.4 is 11.1 Å². The van der Waals surface area contributed by atoms with Crippen LogP contribution in [0.15, 0.2) is 12.1 Å². The van der Waals surface area contributed by atoms with Gasteiger partial charge in [0.2, 0.25) is 0 Å². The van der Waals surface area contributed by atoms with E-state index in [9.17, 15) is 19.3 Å². The van der Waals surface area contributed by atoms with Crippen LogP contribution in [-0.2, 0) is 0 Å². The van der Waals surface area contributed by atoms with Crippen LogP contribution in [0.4, 0.5) is 15.8 Å². The van der Waals surface area contributed by atoms with Crippen LogP contribution in [-0.4, -0.2) is 17.4 Å². The first kappa shape index (κ1) is 15.2. The number of nitrogen functional groups attached to an aromatic ring is 1. The average molecular weight is 295 g/mol. The molecular formula is C14H18FN3O3. The van der Waals surface area contributed by atoms with Gasteiger partial charge in [-0.2, -0.15) is 0 Å². The molecule has 1 aromatic carbocycles. The lowest BCUT2D eigenvalue weighted by Crippen LogP contribution is -2.33. The van der Waals surface area contributed by atoms with Gasteiger partial charge in [0.15, 0.2) is 0 Å². The molecule has 0 aromatic heterocycles. The van der Waals surface area contributed by atoms with Crippen molar-refractivity contribution < 1.29 is 14.1 Å². The lowest BCUT2D eigenvalue weighted by Gasteiger charge is -2.20. The van der Waals surface area contributed by atoms with Crippen molar-refractivity contribution in [3.8, 4) is 0 Å². The Morgan fingerprint density at radius 3 is 2.62 bits per heavy atom. The highest BCUT2D eigenvalue weighted by atomic mass is 19.1. The van der Waals surface area contributed by atoms with Crippen molar-refractivity contribution in [2.24, 2.45) is 11.3 Å². The zero-order valence-electron chi connectivity index (χ0n) is 12.0. The summed E-state index contributed by atoms with van der Waals surface area (Å²) in [5, 5.41) is 13.5. The number of nitrogens with two attached hydrogens (primary N) is 1. The van der Waals surface area contributed by atoms with E-state index in [-0.39, 0.29) is 16.7 Å². The molecule has 0 saturated heterocycles. The molecule has 3 N–H and O–H groups in total. The van der Waals surface area contributed by atoms with Crippen molar-refractivity contribution >= 4 is 17.3 Å². The van der Waals surface area contributed by atoms with E-state index in [1.807, 2.05) is 0 Å². The largest absolute Gasteiger partial charge is 0.393 e. The van der Waals surface area contributed by atoms with Crippen molar-refractivity contribution in [3.05, 3.63) is 33.6 Å². The number of carbonyl (C=O) groups excluding carboxylic acids is 1. The van der Waals surface area contributed by atoms with E-state index in [1.54, 1.807) is 0 Å². The lowest BCUT2D eigenvalue weighted by atomic mass is 9.92. The summed E-state index contributed by atoms with van der Waals surface area (Å²) < 4.78 is 13.4. The fourth-order valence-corrected chi connectivity index (χ4v) is 2.41. The number of nitro groups is 1. The number of hydrogen-bond acceptors (Lipinski definition) is 4. The van der Waals surface area contributed by atoms with E-state index in [4.69, 9.17) is 5.73 Å². The van der Waals surface area contributed by atoms with Crippen LogP contribution in [0.25, 0.3) is 0 Å². The molecule has 0 atom stereocenters. The van der Waals surface area contributed by atoms with E-state index < -0.39 is 22.3 Å². The molecule has 1 aliphatic carbocycles. The smallest absolute Gasteiger partial charge is 0.295 e. The highest BCUT2D eigenvalue weighted by Crippen LogP contribution is 2.51. The van der Waals surface area contributed by atoms with Gasteiger partial charge in [0.25, 0.3) is 11.6 Å². The minimum Gasteiger partial charge on any atom is -0.393 e. The molecule has 114 valence electrons. The van der Waals surface area contributed by atoms with Gasteiger partial charge in [0, 0.05) is 6.54 Å². The van der Waals surface area contributed by atoms with Crippen LogP contribution in [0.1, 0.15) is 37.0 Å². The first-order valence-electron chi connectivity index (χ1n) is 6.78. The van der Waals surface area contributed by atoms with Crippen LogP contribution in [0.3, 0.4) is 0 Å². The Morgan fingerprint density at radius 1 is 1.52 bits per heavy atom. The number of hydrogen-bond donors (Lipinski definition) is 2. The Bertz CT molecular complexity index is 597. The summed E-state index contributed by atoms with van der Waals surface area (Å²) in [6, 6.07) is 1.63. The van der Waals surface area contributed by atoms with Gasteiger partial charge in [0.1, 0.15) is 11.5 Å². The number of nitrogens with one attached hydrogen (secondary N) is 1. The number of amides is 1. The summed E-state index contributed by atoms with van der Waals surface area (Å²) in [6.07, 6.45) is 2.06. The lowest BCUT2D eigenvalue weighted by molar-refractivity contribution is -0.384. The molecule has 0 spiro atoms. The quantitative estimate of drug-likeness (QED) is 0.495. The molecule has 7 heteroatoms. The highest BCUT2D eigenvalue weighted by Gasteiger charge is 2.45. The molecule has 1 fully saturated rings. The van der Waals surface area contributed by atoms with E-state index in [2.05, 4.69) is 19.2 Å². The van der Waals surface area contributed by atoms with Gasteiger partial charge in [-0.15, -0.1) is 0 Å². The first-order valence-corrected chi connectivity index (χ1v) is 6.78. The van der Waals surface area contributed by atoms with Crippen molar-refractivity contribution in [1.82, 2.24) is 5.32 Å².